The van der Waals surface area contributed by atoms with E-state index in [1.807, 2.05) is 0 Å². The molecule has 1 aliphatic carbocycles. The van der Waals surface area contributed by atoms with Crippen LogP contribution in [0.2, 0.25) is 0 Å². The van der Waals surface area contributed by atoms with Crippen molar-refractivity contribution in [2.45, 2.75) is 30.6 Å². The molecule has 0 radical (unpaired) electrons. The van der Waals surface area contributed by atoms with E-state index in [-0.39, 0.29) is 11.5 Å². The number of sulfone groups is 1. The molecule has 7 heteroatoms. The van der Waals surface area contributed by atoms with Crippen molar-refractivity contribution in [3.05, 3.63) is 17.1 Å². The second kappa shape index (κ2) is 3.17. The van der Waals surface area contributed by atoms with E-state index in [2.05, 4.69) is 9.97 Å². The van der Waals surface area contributed by atoms with E-state index >= 15 is 0 Å². The van der Waals surface area contributed by atoms with Gasteiger partial charge in [-0.05, 0) is 19.3 Å². The molecule has 0 atom stereocenters. The molecule has 0 bridgehead atoms. The fourth-order valence-corrected chi connectivity index (χ4v) is 3.38. The predicted octanol–water partition coefficient (Wildman–Crippen LogP) is -0.523. The highest BCUT2D eigenvalue weighted by molar-refractivity contribution is 7.90. The van der Waals surface area contributed by atoms with E-state index in [1.54, 1.807) is 0 Å². The molecular formula is C10H14N4O2S. The first kappa shape index (κ1) is 10.9. The molecule has 0 saturated heterocycles. The van der Waals surface area contributed by atoms with Crippen LogP contribution in [0.15, 0.2) is 0 Å². The van der Waals surface area contributed by atoms with Crippen LogP contribution < -0.4 is 11.5 Å². The third kappa shape index (κ3) is 1.79. The van der Waals surface area contributed by atoms with Gasteiger partial charge >= 0.3 is 0 Å². The van der Waals surface area contributed by atoms with E-state index in [9.17, 15) is 8.42 Å². The summed E-state index contributed by atoms with van der Waals surface area (Å²) < 4.78 is 23.1. The second-order valence-corrected chi connectivity index (χ2v) is 7.04. The maximum absolute atomic E-state index is 11.6. The summed E-state index contributed by atoms with van der Waals surface area (Å²) in [5, 5.41) is 0. The Morgan fingerprint density at radius 3 is 2.59 bits per heavy atom. The molecule has 92 valence electrons. The Hall–Kier alpha value is -1.21. The van der Waals surface area contributed by atoms with E-state index in [0.717, 1.165) is 18.4 Å². The Morgan fingerprint density at radius 2 is 1.94 bits per heavy atom. The molecule has 0 aromatic carbocycles. The highest BCUT2D eigenvalue weighted by Crippen LogP contribution is 2.41. The van der Waals surface area contributed by atoms with Crippen LogP contribution in [-0.4, -0.2) is 24.1 Å². The maximum atomic E-state index is 11.6. The lowest BCUT2D eigenvalue weighted by molar-refractivity contribution is 0.588. The van der Waals surface area contributed by atoms with Crippen molar-refractivity contribution in [3.63, 3.8) is 0 Å². The summed E-state index contributed by atoms with van der Waals surface area (Å²) in [6.07, 6.45) is 2.07. The minimum absolute atomic E-state index is 0.0435. The summed E-state index contributed by atoms with van der Waals surface area (Å²) in [7, 11) is -3.04. The van der Waals surface area contributed by atoms with Crippen LogP contribution in [-0.2, 0) is 27.5 Å². The fraction of sp³-hybridized carbons (Fsp3) is 0.600. The maximum Gasteiger partial charge on any atom is 0.156 e. The number of nitrogens with two attached hydrogens (primary N) is 2. The van der Waals surface area contributed by atoms with Gasteiger partial charge in [-0.25, -0.2) is 18.4 Å². The topological polar surface area (TPSA) is 112 Å². The van der Waals surface area contributed by atoms with E-state index < -0.39 is 15.4 Å². The standard InChI is InChI=1S/C10H14N4O2S/c11-8-6-1-4-17(15,16)5-7(6)13-9(14-8)10(12)2-3-10/h1-5,12H2,(H2,11,13,14). The third-order valence-corrected chi connectivity index (χ3v) is 4.92. The zero-order valence-corrected chi connectivity index (χ0v) is 10.1. The van der Waals surface area contributed by atoms with Crippen LogP contribution in [0.3, 0.4) is 0 Å². The normalized spacial score (nSPS) is 24.1. The summed E-state index contributed by atoms with van der Waals surface area (Å²) in [6, 6.07) is 0. The lowest BCUT2D eigenvalue weighted by Gasteiger charge is -2.19. The average molecular weight is 254 g/mol. The van der Waals surface area contributed by atoms with Crippen molar-refractivity contribution in [3.8, 4) is 0 Å². The minimum Gasteiger partial charge on any atom is -0.383 e. The number of rotatable bonds is 1. The molecule has 17 heavy (non-hydrogen) atoms. The number of nitrogen functional groups attached to an aromatic ring is 1. The van der Waals surface area contributed by atoms with E-state index in [1.165, 1.54) is 0 Å². The second-order valence-electron chi connectivity index (χ2n) is 4.86. The van der Waals surface area contributed by atoms with Crippen molar-refractivity contribution in [1.29, 1.82) is 0 Å². The van der Waals surface area contributed by atoms with Gasteiger partial charge in [-0.15, -0.1) is 0 Å². The molecule has 6 nitrogen and oxygen atoms in total. The van der Waals surface area contributed by atoms with Gasteiger partial charge in [0.2, 0.25) is 0 Å². The van der Waals surface area contributed by atoms with Crippen molar-refractivity contribution < 1.29 is 8.42 Å². The van der Waals surface area contributed by atoms with Crippen LogP contribution in [0.25, 0.3) is 0 Å². The minimum atomic E-state index is -3.04. The van der Waals surface area contributed by atoms with Crippen LogP contribution in [0.5, 0.6) is 0 Å². The van der Waals surface area contributed by atoms with E-state index in [4.69, 9.17) is 11.5 Å². The summed E-state index contributed by atoms with van der Waals surface area (Å²) in [5.74, 6) is 0.959. The molecule has 2 heterocycles. The zero-order chi connectivity index (χ0) is 12.3. The van der Waals surface area contributed by atoms with Crippen LogP contribution in [0.4, 0.5) is 5.82 Å². The molecule has 1 fully saturated rings. The first-order valence-corrected chi connectivity index (χ1v) is 7.37. The monoisotopic (exact) mass is 254 g/mol. The summed E-state index contributed by atoms with van der Waals surface area (Å²) >= 11 is 0. The van der Waals surface area contributed by atoms with Gasteiger partial charge in [0, 0.05) is 5.56 Å². The number of hydrogen-bond acceptors (Lipinski definition) is 6. The van der Waals surface area contributed by atoms with Gasteiger partial charge in [-0.1, -0.05) is 0 Å². The SMILES string of the molecule is Nc1nc(C2(N)CC2)nc2c1CCS(=O)(=O)C2. The van der Waals surface area contributed by atoms with E-state index in [0.29, 0.717) is 23.8 Å². The lowest BCUT2D eigenvalue weighted by Crippen LogP contribution is -2.28. The molecule has 0 spiro atoms. The third-order valence-electron chi connectivity index (χ3n) is 3.38. The molecule has 0 unspecified atom stereocenters. The Labute approximate surface area is 99.4 Å². The van der Waals surface area contributed by atoms with Gasteiger partial charge in [0.1, 0.15) is 5.82 Å². The van der Waals surface area contributed by atoms with Gasteiger partial charge in [-0.3, -0.25) is 0 Å². The Bertz CT molecular complexity index is 593. The number of hydrogen-bond donors (Lipinski definition) is 2. The summed E-state index contributed by atoms with van der Waals surface area (Å²) in [4.78, 5) is 8.52. The first-order chi connectivity index (χ1) is 7.90. The number of nitrogens with zero attached hydrogens (tertiary/aromatic N) is 2. The largest absolute Gasteiger partial charge is 0.383 e. The average Bonchev–Trinajstić information content (AvgIpc) is 2.95. The fourth-order valence-electron chi connectivity index (χ4n) is 2.06. The van der Waals surface area contributed by atoms with Crippen molar-refractivity contribution in [1.82, 2.24) is 9.97 Å². The van der Waals surface area contributed by atoms with Gasteiger partial charge in [0.15, 0.2) is 15.7 Å². The highest BCUT2D eigenvalue weighted by Gasteiger charge is 2.44. The number of aromatic nitrogens is 2. The van der Waals surface area contributed by atoms with Gasteiger partial charge in [-0.2, -0.15) is 0 Å². The van der Waals surface area contributed by atoms with Crippen LogP contribution in [0, 0.1) is 0 Å². The van der Waals surface area contributed by atoms with Crippen molar-refractivity contribution in [2.24, 2.45) is 5.73 Å². The summed E-state index contributed by atoms with van der Waals surface area (Å²) in [5.41, 5.74) is 12.7. The predicted molar refractivity (Wildman–Crippen MR) is 62.7 cm³/mol. The Balaban J connectivity index is 2.12. The molecule has 1 aliphatic heterocycles. The number of anilines is 1. The number of fused-ring (bicyclic) bond motifs is 1. The lowest BCUT2D eigenvalue weighted by atomic mass is 10.1. The Kier molecular flexibility index (Phi) is 2.03. The Morgan fingerprint density at radius 1 is 1.24 bits per heavy atom. The molecule has 3 rings (SSSR count). The molecule has 0 amide bonds. The van der Waals surface area contributed by atoms with Gasteiger partial charge in [0.05, 0.1) is 22.7 Å². The molecule has 2 aliphatic rings. The van der Waals surface area contributed by atoms with Crippen LogP contribution in [0.1, 0.15) is 29.9 Å². The first-order valence-electron chi connectivity index (χ1n) is 5.55. The van der Waals surface area contributed by atoms with Gasteiger partial charge < -0.3 is 11.5 Å². The zero-order valence-electron chi connectivity index (χ0n) is 9.31. The van der Waals surface area contributed by atoms with Crippen LogP contribution >= 0.6 is 0 Å². The van der Waals surface area contributed by atoms with Gasteiger partial charge in [0.25, 0.3) is 0 Å². The van der Waals surface area contributed by atoms with Crippen molar-refractivity contribution >= 4 is 15.7 Å². The highest BCUT2D eigenvalue weighted by atomic mass is 32.2. The molecule has 4 N–H and O–H groups in total. The quantitative estimate of drug-likeness (QED) is 0.697. The smallest absolute Gasteiger partial charge is 0.156 e. The van der Waals surface area contributed by atoms with Crippen molar-refractivity contribution in [2.75, 3.05) is 11.5 Å². The molecular weight excluding hydrogens is 240 g/mol. The molecule has 1 aromatic rings. The summed E-state index contributed by atoms with van der Waals surface area (Å²) in [6.45, 7) is 0. The molecule has 1 aromatic heterocycles. The molecule has 1 saturated carbocycles.